The number of aromatic nitrogens is 4. The van der Waals surface area contributed by atoms with Crippen LogP contribution in [0, 0.1) is 0 Å². The van der Waals surface area contributed by atoms with Gasteiger partial charge in [0, 0.05) is 35.7 Å². The molecular weight excluding hydrogens is 464 g/mol. The standard InChI is InChI=1S/C18H18BrClN6O3/c1-10(20)6-7-26-14-15(24(2)18(29)25(3)16(14)28)22-17(26)23-21-9-11-8-12(19)4-5-13(11)27/h4-6,8-9,27H,7H2,1-3H3,(H,22,23)/b10-6+,21-9-. The number of allylic oxidation sites excluding steroid dienone is 2. The molecule has 0 aliphatic rings. The molecule has 0 aliphatic heterocycles. The van der Waals surface area contributed by atoms with Crippen molar-refractivity contribution >= 4 is 50.9 Å². The van der Waals surface area contributed by atoms with Gasteiger partial charge in [-0.3, -0.25) is 18.5 Å². The summed E-state index contributed by atoms with van der Waals surface area (Å²) in [6.07, 6.45) is 3.13. The Morgan fingerprint density at radius 2 is 2.07 bits per heavy atom. The number of phenolic OH excluding ortho intramolecular Hbond substituents is 1. The highest BCUT2D eigenvalue weighted by atomic mass is 79.9. The zero-order chi connectivity index (χ0) is 21.3. The normalized spacial score (nSPS) is 12.2. The number of halogens is 2. The number of aromatic hydroxyl groups is 1. The summed E-state index contributed by atoms with van der Waals surface area (Å²) >= 11 is 9.28. The number of hydrogen-bond acceptors (Lipinski definition) is 6. The maximum absolute atomic E-state index is 12.7. The number of hydrazone groups is 1. The lowest BCUT2D eigenvalue weighted by atomic mass is 10.2. The number of hydrogen-bond donors (Lipinski definition) is 2. The Hall–Kier alpha value is -2.85. The second-order valence-electron chi connectivity index (χ2n) is 6.29. The van der Waals surface area contributed by atoms with Crippen molar-refractivity contribution in [3.05, 3.63) is 60.2 Å². The number of phenols is 1. The molecule has 11 heteroatoms. The topological polar surface area (TPSA) is 106 Å². The van der Waals surface area contributed by atoms with Crippen LogP contribution in [-0.4, -0.2) is 30.0 Å². The molecule has 2 heterocycles. The number of nitrogens with one attached hydrogen (secondary N) is 1. The summed E-state index contributed by atoms with van der Waals surface area (Å²) in [5, 5.41) is 14.6. The molecule has 0 spiro atoms. The predicted molar refractivity (Wildman–Crippen MR) is 117 cm³/mol. The van der Waals surface area contributed by atoms with Crippen molar-refractivity contribution < 1.29 is 5.11 Å². The Bertz CT molecular complexity index is 1270. The van der Waals surface area contributed by atoms with Gasteiger partial charge >= 0.3 is 5.69 Å². The van der Waals surface area contributed by atoms with E-state index in [1.54, 1.807) is 29.7 Å². The zero-order valence-electron chi connectivity index (χ0n) is 15.8. The van der Waals surface area contributed by atoms with Crippen LogP contribution in [-0.2, 0) is 20.6 Å². The molecule has 0 fully saturated rings. The average molecular weight is 482 g/mol. The first-order chi connectivity index (χ1) is 13.7. The fraction of sp³-hybridized carbons (Fsp3) is 0.222. The lowest BCUT2D eigenvalue weighted by Crippen LogP contribution is -2.37. The van der Waals surface area contributed by atoms with Gasteiger partial charge in [0.05, 0.1) is 6.21 Å². The van der Waals surface area contributed by atoms with E-state index < -0.39 is 11.2 Å². The van der Waals surface area contributed by atoms with Crippen LogP contribution < -0.4 is 16.7 Å². The van der Waals surface area contributed by atoms with Gasteiger partial charge in [-0.1, -0.05) is 33.6 Å². The van der Waals surface area contributed by atoms with Gasteiger partial charge in [-0.2, -0.15) is 10.1 Å². The maximum atomic E-state index is 12.7. The van der Waals surface area contributed by atoms with Crippen molar-refractivity contribution in [2.45, 2.75) is 13.5 Å². The van der Waals surface area contributed by atoms with E-state index in [-0.39, 0.29) is 29.4 Å². The molecule has 0 unspecified atom stereocenters. The van der Waals surface area contributed by atoms with E-state index in [2.05, 4.69) is 31.4 Å². The van der Waals surface area contributed by atoms with E-state index >= 15 is 0 Å². The summed E-state index contributed by atoms with van der Waals surface area (Å²) in [6.45, 7) is 1.97. The third-order valence-corrected chi connectivity index (χ3v) is 4.91. The maximum Gasteiger partial charge on any atom is 0.332 e. The van der Waals surface area contributed by atoms with Crippen molar-refractivity contribution in [1.29, 1.82) is 0 Å². The van der Waals surface area contributed by atoms with Crippen LogP contribution in [0.3, 0.4) is 0 Å². The largest absolute Gasteiger partial charge is 0.507 e. The fourth-order valence-electron chi connectivity index (χ4n) is 2.72. The smallest absolute Gasteiger partial charge is 0.332 e. The second-order valence-corrected chi connectivity index (χ2v) is 7.80. The molecule has 0 radical (unpaired) electrons. The highest BCUT2D eigenvalue weighted by molar-refractivity contribution is 9.10. The van der Waals surface area contributed by atoms with Crippen molar-refractivity contribution in [3.63, 3.8) is 0 Å². The highest BCUT2D eigenvalue weighted by Crippen LogP contribution is 2.21. The molecule has 9 nitrogen and oxygen atoms in total. The van der Waals surface area contributed by atoms with Crippen LogP contribution in [0.15, 0.2) is 48.5 Å². The lowest BCUT2D eigenvalue weighted by molar-refractivity contribution is 0.474. The summed E-state index contributed by atoms with van der Waals surface area (Å²) in [6, 6.07) is 4.94. The van der Waals surface area contributed by atoms with Gasteiger partial charge in [-0.05, 0) is 25.1 Å². The van der Waals surface area contributed by atoms with Crippen LogP contribution >= 0.6 is 27.5 Å². The summed E-state index contributed by atoms with van der Waals surface area (Å²) in [4.78, 5) is 29.3. The molecule has 0 saturated carbocycles. The summed E-state index contributed by atoms with van der Waals surface area (Å²) in [5.74, 6) is 0.308. The lowest BCUT2D eigenvalue weighted by Gasteiger charge is -2.07. The number of anilines is 1. The monoisotopic (exact) mass is 480 g/mol. The van der Waals surface area contributed by atoms with Crippen LogP contribution in [0.25, 0.3) is 11.2 Å². The number of imidazole rings is 1. The van der Waals surface area contributed by atoms with Gasteiger partial charge < -0.3 is 5.11 Å². The van der Waals surface area contributed by atoms with Gasteiger partial charge in [0.1, 0.15) is 5.75 Å². The van der Waals surface area contributed by atoms with Gasteiger partial charge in [0.2, 0.25) is 5.95 Å². The first kappa shape index (κ1) is 20.9. The molecule has 3 aromatic rings. The number of fused-ring (bicyclic) bond motifs is 1. The predicted octanol–water partition coefficient (Wildman–Crippen LogP) is 2.49. The van der Waals surface area contributed by atoms with Crippen molar-refractivity contribution in [1.82, 2.24) is 18.7 Å². The van der Waals surface area contributed by atoms with Gasteiger partial charge in [-0.15, -0.1) is 0 Å². The minimum Gasteiger partial charge on any atom is -0.507 e. The summed E-state index contributed by atoms with van der Waals surface area (Å²) < 4.78 is 4.68. The highest BCUT2D eigenvalue weighted by Gasteiger charge is 2.18. The SMILES string of the molecule is C/C(Cl)=C\Cn1c(N/N=C\c2cc(Br)ccc2O)nc2c1c(=O)n(C)c(=O)n2C. The molecule has 3 rings (SSSR count). The van der Waals surface area contributed by atoms with Crippen LogP contribution in [0.1, 0.15) is 12.5 Å². The van der Waals surface area contributed by atoms with E-state index in [9.17, 15) is 14.7 Å². The zero-order valence-corrected chi connectivity index (χ0v) is 18.2. The quantitative estimate of drug-likeness (QED) is 0.430. The van der Waals surface area contributed by atoms with Crippen LogP contribution in [0.2, 0.25) is 0 Å². The van der Waals surface area contributed by atoms with E-state index in [1.165, 1.54) is 30.9 Å². The molecule has 2 aromatic heterocycles. The first-order valence-corrected chi connectivity index (χ1v) is 9.64. The number of nitrogens with zero attached hydrogens (tertiary/aromatic N) is 5. The molecule has 1 aromatic carbocycles. The van der Waals surface area contributed by atoms with Crippen molar-refractivity contribution in [2.24, 2.45) is 19.2 Å². The van der Waals surface area contributed by atoms with Gasteiger partial charge in [-0.25, -0.2) is 10.2 Å². The van der Waals surface area contributed by atoms with E-state index in [0.29, 0.717) is 10.6 Å². The summed E-state index contributed by atoms with van der Waals surface area (Å²) in [7, 11) is 2.95. The van der Waals surface area contributed by atoms with Crippen LogP contribution in [0.5, 0.6) is 5.75 Å². The Morgan fingerprint density at radius 1 is 1.34 bits per heavy atom. The number of aryl methyl sites for hydroxylation is 1. The van der Waals surface area contributed by atoms with Crippen molar-refractivity contribution in [2.75, 3.05) is 5.43 Å². The van der Waals surface area contributed by atoms with Crippen LogP contribution in [0.4, 0.5) is 5.95 Å². The molecule has 0 bridgehead atoms. The third-order valence-electron chi connectivity index (χ3n) is 4.26. The summed E-state index contributed by atoms with van der Waals surface area (Å²) in [5.41, 5.74) is 2.77. The average Bonchev–Trinajstić information content (AvgIpc) is 3.04. The second kappa shape index (κ2) is 8.26. The minimum atomic E-state index is -0.481. The van der Waals surface area contributed by atoms with E-state index in [4.69, 9.17) is 11.6 Å². The first-order valence-electron chi connectivity index (χ1n) is 8.46. The van der Waals surface area contributed by atoms with Gasteiger partial charge in [0.25, 0.3) is 5.56 Å². The molecule has 0 saturated heterocycles. The van der Waals surface area contributed by atoms with E-state index in [1.807, 2.05) is 0 Å². The molecule has 0 aliphatic carbocycles. The Labute approximate surface area is 178 Å². The minimum absolute atomic E-state index is 0.0595. The molecule has 152 valence electrons. The number of rotatable bonds is 5. The fourth-order valence-corrected chi connectivity index (χ4v) is 3.16. The molecule has 2 N–H and O–H groups in total. The molecular formula is C18H18BrClN6O3. The van der Waals surface area contributed by atoms with E-state index in [0.717, 1.165) is 9.04 Å². The molecule has 29 heavy (non-hydrogen) atoms. The Balaban J connectivity index is 2.11. The number of benzene rings is 1. The molecule has 0 atom stereocenters. The van der Waals surface area contributed by atoms with Gasteiger partial charge in [0.15, 0.2) is 11.2 Å². The third kappa shape index (κ3) is 4.13. The Morgan fingerprint density at radius 3 is 2.76 bits per heavy atom. The Kier molecular flexibility index (Phi) is 5.94. The van der Waals surface area contributed by atoms with Crippen molar-refractivity contribution in [3.8, 4) is 5.75 Å². The molecule has 0 amide bonds.